The smallest absolute Gasteiger partial charge is 0.325 e. The molecule has 0 aromatic carbocycles. The number of imidazole rings is 1. The van der Waals surface area contributed by atoms with Gasteiger partial charge in [-0.3, -0.25) is 9.09 Å². The van der Waals surface area contributed by atoms with Gasteiger partial charge in [0, 0.05) is 0 Å². The molecule has 2 aliphatic heterocycles. The number of rotatable bonds is 5. The van der Waals surface area contributed by atoms with Crippen molar-refractivity contribution in [1.82, 2.24) is 19.5 Å². The molecule has 172 valence electrons. The van der Waals surface area contributed by atoms with Crippen molar-refractivity contribution < 1.29 is 23.4 Å². The molecule has 0 radical (unpaired) electrons. The van der Waals surface area contributed by atoms with Crippen LogP contribution < -0.4 is 5.73 Å². The number of hydrogen-bond acceptors (Lipinski definition) is 9. The van der Waals surface area contributed by atoms with Crippen LogP contribution in [0.2, 0.25) is 0 Å². The second kappa shape index (κ2) is 7.41. The van der Waals surface area contributed by atoms with Gasteiger partial charge in [0.2, 0.25) is 0 Å². The van der Waals surface area contributed by atoms with Gasteiger partial charge in [-0.15, -0.1) is 0 Å². The second-order valence-corrected chi connectivity index (χ2v) is 13.1. The zero-order valence-electron chi connectivity index (χ0n) is 18.6. The minimum atomic E-state index is -3.56. The maximum Gasteiger partial charge on any atom is 0.325 e. The number of hydrogen-bond donors (Lipinski definition) is 2. The summed E-state index contributed by atoms with van der Waals surface area (Å²) in [6, 6.07) is 0. The first-order valence-corrected chi connectivity index (χ1v) is 12.7. The van der Waals surface area contributed by atoms with E-state index in [-0.39, 0.29) is 11.2 Å². The predicted molar refractivity (Wildman–Crippen MR) is 119 cm³/mol. The molecule has 2 aromatic heterocycles. The number of nitrogens with two attached hydrogens (primary N) is 1. The third-order valence-corrected chi connectivity index (χ3v) is 6.85. The fraction of sp³-hybridized carbons (Fsp3) is 0.737. The van der Waals surface area contributed by atoms with Crippen molar-refractivity contribution in [3.8, 4) is 0 Å². The summed E-state index contributed by atoms with van der Waals surface area (Å²) in [5.41, 5.74) is 5.40. The number of fused-ring (bicyclic) bond motifs is 3. The van der Waals surface area contributed by atoms with E-state index in [1.54, 1.807) is 10.9 Å². The van der Waals surface area contributed by atoms with Gasteiger partial charge >= 0.3 is 6.72 Å². The highest BCUT2D eigenvalue weighted by Gasteiger charge is 2.65. The Labute approximate surface area is 186 Å². The van der Waals surface area contributed by atoms with Crippen molar-refractivity contribution in [2.45, 2.75) is 77.6 Å². The molecule has 2 bridgehead atoms. The van der Waals surface area contributed by atoms with Gasteiger partial charge in [-0.25, -0.2) is 15.0 Å². The third-order valence-electron chi connectivity index (χ3n) is 5.10. The molecular weight excluding hydrogens is 441 g/mol. The standard InChI is InChI=1S/C19H30N5O5PS/c1-17(2,3)7-19-8-26-12(13(19)28-30(25,31)29-18(4,5)6)16(27-19)24-10-23-11-14(20)21-9-22-15(11)24/h9-10,12-13,16H,7-8H2,1-6H3,(H,25,31)(H2,20,21,22)/t12-,13?,16+,19-,30?/m0/s1. The molecule has 0 aliphatic carbocycles. The van der Waals surface area contributed by atoms with Crippen LogP contribution in [0.4, 0.5) is 5.82 Å². The van der Waals surface area contributed by atoms with Gasteiger partial charge in [0.05, 0.1) is 18.5 Å². The summed E-state index contributed by atoms with van der Waals surface area (Å²) in [5.74, 6) is 0.287. The van der Waals surface area contributed by atoms with E-state index in [0.717, 1.165) is 0 Å². The van der Waals surface area contributed by atoms with Crippen molar-refractivity contribution in [2.24, 2.45) is 5.41 Å². The zero-order valence-corrected chi connectivity index (χ0v) is 20.3. The van der Waals surface area contributed by atoms with Crippen LogP contribution in [0.5, 0.6) is 0 Å². The van der Waals surface area contributed by atoms with Crippen LogP contribution in [-0.4, -0.2) is 54.4 Å². The molecule has 0 amide bonds. The van der Waals surface area contributed by atoms with Gasteiger partial charge in [0.25, 0.3) is 0 Å². The number of anilines is 1. The van der Waals surface area contributed by atoms with E-state index >= 15 is 0 Å². The number of ether oxygens (including phenoxy) is 2. The molecule has 31 heavy (non-hydrogen) atoms. The Bertz CT molecular complexity index is 1030. The molecule has 4 heterocycles. The Morgan fingerprint density at radius 3 is 2.65 bits per heavy atom. The van der Waals surface area contributed by atoms with Crippen LogP contribution >= 0.6 is 6.72 Å². The summed E-state index contributed by atoms with van der Waals surface area (Å²) in [6.07, 6.45) is 1.89. The van der Waals surface area contributed by atoms with Crippen LogP contribution in [0.3, 0.4) is 0 Å². The topological polar surface area (TPSA) is 127 Å². The summed E-state index contributed by atoms with van der Waals surface area (Å²) in [4.78, 5) is 23.5. The lowest BCUT2D eigenvalue weighted by atomic mass is 9.80. The van der Waals surface area contributed by atoms with E-state index in [1.807, 2.05) is 20.8 Å². The quantitative estimate of drug-likeness (QED) is 0.628. The van der Waals surface area contributed by atoms with Crippen LogP contribution in [0.1, 0.15) is 54.2 Å². The summed E-state index contributed by atoms with van der Waals surface area (Å²) in [6.45, 7) is 8.56. The van der Waals surface area contributed by atoms with Gasteiger partial charge in [0.1, 0.15) is 29.7 Å². The zero-order chi connectivity index (χ0) is 22.8. The average Bonchev–Trinajstić information content (AvgIpc) is 3.21. The first-order chi connectivity index (χ1) is 14.2. The Morgan fingerprint density at radius 1 is 1.29 bits per heavy atom. The normalized spacial score (nSPS) is 30.7. The molecule has 2 unspecified atom stereocenters. The SMILES string of the molecule is CC(C)(C)C[C@]12CO[C@@H](C1OP(O)(=S)OC(C)(C)C)[C@H](n1cnc3c(N)ncnc31)O2. The molecule has 12 heteroatoms. The van der Waals surface area contributed by atoms with Crippen molar-refractivity contribution >= 4 is 35.5 Å². The van der Waals surface area contributed by atoms with Gasteiger partial charge < -0.3 is 24.6 Å². The molecule has 0 saturated carbocycles. The highest BCUT2D eigenvalue weighted by Crippen LogP contribution is 2.58. The molecule has 2 saturated heterocycles. The lowest BCUT2D eigenvalue weighted by Crippen LogP contribution is -2.44. The minimum Gasteiger partial charge on any atom is -0.382 e. The van der Waals surface area contributed by atoms with Gasteiger partial charge in [-0.05, 0) is 44.4 Å². The molecule has 10 nitrogen and oxygen atoms in total. The molecular formula is C19H30N5O5PS. The molecule has 5 atom stereocenters. The van der Waals surface area contributed by atoms with Gasteiger partial charge in [-0.2, -0.15) is 0 Å². The minimum absolute atomic E-state index is 0.0960. The Morgan fingerprint density at radius 2 is 2.00 bits per heavy atom. The monoisotopic (exact) mass is 471 g/mol. The van der Waals surface area contributed by atoms with E-state index < -0.39 is 36.4 Å². The Balaban J connectivity index is 1.72. The fourth-order valence-corrected chi connectivity index (χ4v) is 6.66. The van der Waals surface area contributed by atoms with Gasteiger partial charge in [-0.1, -0.05) is 20.8 Å². The first kappa shape index (κ1) is 23.0. The molecule has 0 spiro atoms. The molecule has 2 aromatic rings. The Kier molecular flexibility index (Phi) is 5.49. The fourth-order valence-electron chi connectivity index (χ4n) is 4.38. The molecule has 3 N–H and O–H groups in total. The molecule has 4 rings (SSSR count). The van der Waals surface area contributed by atoms with Crippen LogP contribution in [0.15, 0.2) is 12.7 Å². The summed E-state index contributed by atoms with van der Waals surface area (Å²) in [7, 11) is 0. The third kappa shape index (κ3) is 4.50. The van der Waals surface area contributed by atoms with Crippen LogP contribution in [0.25, 0.3) is 11.2 Å². The maximum atomic E-state index is 10.8. The van der Waals surface area contributed by atoms with E-state index in [2.05, 4.69) is 35.7 Å². The number of aromatic nitrogens is 4. The maximum absolute atomic E-state index is 10.8. The predicted octanol–water partition coefficient (Wildman–Crippen LogP) is 2.93. The summed E-state index contributed by atoms with van der Waals surface area (Å²) in [5, 5.41) is 0. The Hall–Kier alpha value is -1.20. The largest absolute Gasteiger partial charge is 0.382 e. The number of nitrogen functional groups attached to an aromatic ring is 1. The van der Waals surface area contributed by atoms with Crippen molar-refractivity contribution in [1.29, 1.82) is 0 Å². The van der Waals surface area contributed by atoms with Gasteiger partial charge in [0.15, 0.2) is 17.7 Å². The van der Waals surface area contributed by atoms with Crippen molar-refractivity contribution in [3.63, 3.8) is 0 Å². The highest BCUT2D eigenvalue weighted by atomic mass is 32.5. The molecule has 2 fully saturated rings. The van der Waals surface area contributed by atoms with E-state index in [0.29, 0.717) is 24.2 Å². The number of nitrogens with zero attached hydrogens (tertiary/aromatic N) is 4. The first-order valence-electron chi connectivity index (χ1n) is 10.1. The second-order valence-electron chi connectivity index (χ2n) is 10.4. The summed E-state index contributed by atoms with van der Waals surface area (Å²) >= 11 is 5.34. The summed E-state index contributed by atoms with van der Waals surface area (Å²) < 4.78 is 26.3. The van der Waals surface area contributed by atoms with Crippen LogP contribution in [-0.2, 0) is 30.3 Å². The van der Waals surface area contributed by atoms with Crippen LogP contribution in [0, 0.1) is 5.41 Å². The van der Waals surface area contributed by atoms with E-state index in [4.69, 9.17) is 36.1 Å². The van der Waals surface area contributed by atoms with Crippen molar-refractivity contribution in [3.05, 3.63) is 12.7 Å². The van der Waals surface area contributed by atoms with E-state index in [9.17, 15) is 4.89 Å². The average molecular weight is 472 g/mol. The lowest BCUT2D eigenvalue weighted by molar-refractivity contribution is -0.182. The molecule has 2 aliphatic rings. The van der Waals surface area contributed by atoms with Crippen molar-refractivity contribution in [2.75, 3.05) is 12.3 Å². The van der Waals surface area contributed by atoms with E-state index in [1.165, 1.54) is 6.33 Å². The lowest BCUT2D eigenvalue weighted by Gasteiger charge is -2.37. The highest BCUT2D eigenvalue weighted by molar-refractivity contribution is 8.07.